The van der Waals surface area contributed by atoms with E-state index in [2.05, 4.69) is 48.4 Å². The molecule has 88 valence electrons. The maximum absolute atomic E-state index is 4.24. The second kappa shape index (κ2) is 5.11. The van der Waals surface area contributed by atoms with E-state index in [-0.39, 0.29) is 0 Å². The molecule has 2 nitrogen and oxygen atoms in total. The minimum Gasteiger partial charge on any atom is -0.316 e. The van der Waals surface area contributed by atoms with Crippen molar-refractivity contribution in [3.63, 3.8) is 0 Å². The van der Waals surface area contributed by atoms with Crippen LogP contribution in [0.15, 0.2) is 36.7 Å². The molecule has 1 heterocycles. The SMILES string of the molecule is CNCc1cc(-c2cncc(C)c2)ccc1C. The lowest BCUT2D eigenvalue weighted by Crippen LogP contribution is -2.06. The summed E-state index contributed by atoms with van der Waals surface area (Å²) in [5.41, 5.74) is 6.27. The van der Waals surface area contributed by atoms with Gasteiger partial charge in [-0.3, -0.25) is 4.98 Å². The smallest absolute Gasteiger partial charge is 0.0346 e. The lowest BCUT2D eigenvalue weighted by atomic mass is 10.00. The molecule has 2 heteroatoms. The highest BCUT2D eigenvalue weighted by atomic mass is 14.8. The van der Waals surface area contributed by atoms with Crippen molar-refractivity contribution in [2.24, 2.45) is 0 Å². The predicted molar refractivity (Wildman–Crippen MR) is 71.9 cm³/mol. The first-order valence-corrected chi connectivity index (χ1v) is 5.87. The van der Waals surface area contributed by atoms with Gasteiger partial charge in [-0.2, -0.15) is 0 Å². The van der Waals surface area contributed by atoms with Gasteiger partial charge < -0.3 is 5.32 Å². The Kier molecular flexibility index (Phi) is 3.55. The molecule has 0 saturated heterocycles. The number of rotatable bonds is 3. The summed E-state index contributed by atoms with van der Waals surface area (Å²) in [5.74, 6) is 0. The highest BCUT2D eigenvalue weighted by molar-refractivity contribution is 5.64. The Labute approximate surface area is 103 Å². The van der Waals surface area contributed by atoms with E-state index in [1.54, 1.807) is 0 Å². The summed E-state index contributed by atoms with van der Waals surface area (Å²) in [6.45, 7) is 5.11. The van der Waals surface area contributed by atoms with Gasteiger partial charge in [-0.25, -0.2) is 0 Å². The van der Waals surface area contributed by atoms with E-state index >= 15 is 0 Å². The fourth-order valence-electron chi connectivity index (χ4n) is 1.94. The zero-order chi connectivity index (χ0) is 12.3. The fourth-order valence-corrected chi connectivity index (χ4v) is 1.94. The van der Waals surface area contributed by atoms with Crippen molar-refractivity contribution in [1.29, 1.82) is 0 Å². The molecule has 17 heavy (non-hydrogen) atoms. The molecule has 2 rings (SSSR count). The Bertz CT molecular complexity index is 518. The van der Waals surface area contributed by atoms with Crippen molar-refractivity contribution in [3.8, 4) is 11.1 Å². The number of nitrogens with one attached hydrogen (secondary N) is 1. The predicted octanol–water partition coefficient (Wildman–Crippen LogP) is 3.08. The van der Waals surface area contributed by atoms with E-state index in [1.165, 1.54) is 27.8 Å². The number of pyridine rings is 1. The average Bonchev–Trinajstić information content (AvgIpc) is 2.32. The quantitative estimate of drug-likeness (QED) is 0.870. The molecule has 0 aliphatic heterocycles. The summed E-state index contributed by atoms with van der Waals surface area (Å²) >= 11 is 0. The van der Waals surface area contributed by atoms with Crippen LogP contribution in [0.25, 0.3) is 11.1 Å². The summed E-state index contributed by atoms with van der Waals surface area (Å²) in [4.78, 5) is 4.24. The molecular weight excluding hydrogens is 208 g/mol. The van der Waals surface area contributed by atoms with Crippen LogP contribution in [-0.4, -0.2) is 12.0 Å². The van der Waals surface area contributed by atoms with Crippen LogP contribution in [0, 0.1) is 13.8 Å². The molecular formula is C15H18N2. The first-order chi connectivity index (χ1) is 8.20. The van der Waals surface area contributed by atoms with Gasteiger partial charge in [0.15, 0.2) is 0 Å². The van der Waals surface area contributed by atoms with Crippen LogP contribution in [0.4, 0.5) is 0 Å². The molecule has 0 spiro atoms. The van der Waals surface area contributed by atoms with Crippen molar-refractivity contribution in [1.82, 2.24) is 10.3 Å². The number of nitrogens with zero attached hydrogens (tertiary/aromatic N) is 1. The molecule has 0 aliphatic rings. The first-order valence-electron chi connectivity index (χ1n) is 5.87. The first kappa shape index (κ1) is 11.8. The summed E-state index contributed by atoms with van der Waals surface area (Å²) in [6.07, 6.45) is 3.80. The molecule has 1 aromatic heterocycles. The Morgan fingerprint density at radius 1 is 1.06 bits per heavy atom. The van der Waals surface area contributed by atoms with Crippen LogP contribution in [0.2, 0.25) is 0 Å². The van der Waals surface area contributed by atoms with E-state index in [0.717, 1.165) is 6.54 Å². The second-order valence-corrected chi connectivity index (χ2v) is 4.42. The maximum atomic E-state index is 4.24. The van der Waals surface area contributed by atoms with Gasteiger partial charge in [0, 0.05) is 24.5 Å². The van der Waals surface area contributed by atoms with Crippen LogP contribution in [-0.2, 0) is 6.54 Å². The van der Waals surface area contributed by atoms with Gasteiger partial charge in [0.25, 0.3) is 0 Å². The van der Waals surface area contributed by atoms with E-state index < -0.39 is 0 Å². The van der Waals surface area contributed by atoms with Crippen LogP contribution < -0.4 is 5.32 Å². The van der Waals surface area contributed by atoms with Gasteiger partial charge in [-0.1, -0.05) is 12.1 Å². The van der Waals surface area contributed by atoms with Crippen molar-refractivity contribution in [2.45, 2.75) is 20.4 Å². The highest BCUT2D eigenvalue weighted by Gasteiger charge is 2.02. The maximum Gasteiger partial charge on any atom is 0.0346 e. The minimum atomic E-state index is 0.902. The monoisotopic (exact) mass is 226 g/mol. The fraction of sp³-hybridized carbons (Fsp3) is 0.267. The topological polar surface area (TPSA) is 24.9 Å². The third-order valence-electron chi connectivity index (χ3n) is 2.92. The number of aromatic nitrogens is 1. The molecule has 0 atom stereocenters. The van der Waals surface area contributed by atoms with Crippen molar-refractivity contribution in [2.75, 3.05) is 7.05 Å². The van der Waals surface area contributed by atoms with Crippen LogP contribution in [0.1, 0.15) is 16.7 Å². The Balaban J connectivity index is 2.42. The summed E-state index contributed by atoms with van der Waals surface area (Å²) in [5, 5.41) is 3.20. The van der Waals surface area contributed by atoms with E-state index in [4.69, 9.17) is 0 Å². The molecule has 0 aliphatic carbocycles. The lowest BCUT2D eigenvalue weighted by Gasteiger charge is -2.09. The Morgan fingerprint density at radius 3 is 2.59 bits per heavy atom. The van der Waals surface area contributed by atoms with Crippen molar-refractivity contribution >= 4 is 0 Å². The highest BCUT2D eigenvalue weighted by Crippen LogP contribution is 2.22. The van der Waals surface area contributed by atoms with Crippen LogP contribution >= 0.6 is 0 Å². The Morgan fingerprint density at radius 2 is 1.88 bits per heavy atom. The molecule has 0 radical (unpaired) electrons. The second-order valence-electron chi connectivity index (χ2n) is 4.42. The Hall–Kier alpha value is -1.67. The molecule has 0 amide bonds. The van der Waals surface area contributed by atoms with Gasteiger partial charge in [-0.15, -0.1) is 0 Å². The summed E-state index contributed by atoms with van der Waals surface area (Å²) in [6, 6.07) is 8.73. The standard InChI is InChI=1S/C15H18N2/c1-11-6-15(10-17-8-11)13-5-4-12(2)14(7-13)9-16-3/h4-8,10,16H,9H2,1-3H3. The summed E-state index contributed by atoms with van der Waals surface area (Å²) < 4.78 is 0. The third kappa shape index (κ3) is 2.71. The number of aryl methyl sites for hydroxylation is 2. The normalized spacial score (nSPS) is 10.5. The van der Waals surface area contributed by atoms with Crippen LogP contribution in [0.5, 0.6) is 0 Å². The van der Waals surface area contributed by atoms with E-state index in [9.17, 15) is 0 Å². The minimum absolute atomic E-state index is 0.902. The zero-order valence-electron chi connectivity index (χ0n) is 10.6. The lowest BCUT2D eigenvalue weighted by molar-refractivity contribution is 0.812. The largest absolute Gasteiger partial charge is 0.316 e. The number of hydrogen-bond donors (Lipinski definition) is 1. The number of benzene rings is 1. The van der Waals surface area contributed by atoms with Gasteiger partial charge >= 0.3 is 0 Å². The van der Waals surface area contributed by atoms with Gasteiger partial charge in [-0.05, 0) is 55.3 Å². The molecule has 0 fully saturated rings. The molecule has 0 saturated carbocycles. The van der Waals surface area contributed by atoms with Crippen molar-refractivity contribution < 1.29 is 0 Å². The zero-order valence-corrected chi connectivity index (χ0v) is 10.6. The van der Waals surface area contributed by atoms with Gasteiger partial charge in [0.2, 0.25) is 0 Å². The molecule has 1 N–H and O–H groups in total. The molecule has 0 bridgehead atoms. The van der Waals surface area contributed by atoms with Crippen LogP contribution in [0.3, 0.4) is 0 Å². The van der Waals surface area contributed by atoms with E-state index in [0.29, 0.717) is 0 Å². The summed E-state index contributed by atoms with van der Waals surface area (Å²) in [7, 11) is 1.97. The third-order valence-corrected chi connectivity index (χ3v) is 2.92. The number of hydrogen-bond acceptors (Lipinski definition) is 2. The van der Waals surface area contributed by atoms with E-state index in [1.807, 2.05) is 19.4 Å². The average molecular weight is 226 g/mol. The molecule has 1 aromatic carbocycles. The van der Waals surface area contributed by atoms with Gasteiger partial charge in [0.05, 0.1) is 0 Å². The molecule has 0 unspecified atom stereocenters. The van der Waals surface area contributed by atoms with Crippen molar-refractivity contribution in [3.05, 3.63) is 53.3 Å². The van der Waals surface area contributed by atoms with Gasteiger partial charge in [0.1, 0.15) is 0 Å². The molecule has 2 aromatic rings.